The number of fused-ring (bicyclic) bond motifs is 1. The van der Waals surface area contributed by atoms with Gasteiger partial charge in [-0.2, -0.15) is 5.10 Å². The molecule has 1 aliphatic heterocycles. The van der Waals surface area contributed by atoms with Gasteiger partial charge in [-0.3, -0.25) is 9.48 Å². The lowest BCUT2D eigenvalue weighted by molar-refractivity contribution is -0.125. The van der Waals surface area contributed by atoms with Crippen LogP contribution in [0.15, 0.2) is 54.9 Å². The van der Waals surface area contributed by atoms with Gasteiger partial charge in [-0.25, -0.2) is 0 Å². The second-order valence-corrected chi connectivity index (χ2v) is 7.12. The third-order valence-electron chi connectivity index (χ3n) is 5.35. The summed E-state index contributed by atoms with van der Waals surface area (Å²) in [4.78, 5) is 13.0. The Morgan fingerprint density at radius 2 is 2.04 bits per heavy atom. The minimum Gasteiger partial charge on any atom is -0.349 e. The monoisotopic (exact) mass is 348 g/mol. The predicted molar refractivity (Wildman–Crippen MR) is 103 cm³/mol. The van der Waals surface area contributed by atoms with Gasteiger partial charge in [0.15, 0.2) is 0 Å². The average Bonchev–Trinajstić information content (AvgIpc) is 3.29. The number of hydrogen-bond acceptors (Lipinski definition) is 3. The zero-order valence-electron chi connectivity index (χ0n) is 15.1. The molecule has 5 heteroatoms. The summed E-state index contributed by atoms with van der Waals surface area (Å²) in [5.74, 6) is 0.198. The summed E-state index contributed by atoms with van der Waals surface area (Å²) < 4.78 is 1.79. The van der Waals surface area contributed by atoms with Gasteiger partial charge in [-0.05, 0) is 28.8 Å². The van der Waals surface area contributed by atoms with Crippen molar-refractivity contribution in [3.63, 3.8) is 0 Å². The van der Waals surface area contributed by atoms with Crippen molar-refractivity contribution in [2.24, 2.45) is 13.0 Å². The molecule has 3 aromatic rings. The van der Waals surface area contributed by atoms with Crippen LogP contribution in [0.1, 0.15) is 30.0 Å². The number of carbonyl (C=O) groups excluding carboxylic acids is 1. The standard InChI is InChI=1S/C21H24N4O/c1-14(17-9-5-7-15-6-3-4-8-18(15)17)24-21(26)20-12-22-11-19(20)16-10-23-25(2)13-16/h3-10,13-14,19-20,22H,11-12H2,1-2H3,(H,24,26)/t14?,19-,20+/m1/s1. The molecule has 1 fully saturated rings. The minimum absolute atomic E-state index is 0.0382. The largest absolute Gasteiger partial charge is 0.349 e. The second kappa shape index (κ2) is 6.92. The van der Waals surface area contributed by atoms with Crippen LogP contribution in [0.2, 0.25) is 0 Å². The van der Waals surface area contributed by atoms with Gasteiger partial charge in [0.25, 0.3) is 0 Å². The molecule has 134 valence electrons. The normalized spacial score (nSPS) is 21.0. The van der Waals surface area contributed by atoms with Crippen molar-refractivity contribution < 1.29 is 4.79 Å². The second-order valence-electron chi connectivity index (χ2n) is 7.12. The Kier molecular flexibility index (Phi) is 4.47. The van der Waals surface area contributed by atoms with Crippen LogP contribution < -0.4 is 10.6 Å². The number of hydrogen-bond donors (Lipinski definition) is 2. The molecule has 2 heterocycles. The van der Waals surface area contributed by atoms with Crippen molar-refractivity contribution in [3.8, 4) is 0 Å². The third-order valence-corrected chi connectivity index (χ3v) is 5.35. The van der Waals surface area contributed by atoms with E-state index in [0.29, 0.717) is 6.54 Å². The van der Waals surface area contributed by atoms with E-state index in [0.717, 1.165) is 17.7 Å². The van der Waals surface area contributed by atoms with E-state index in [4.69, 9.17) is 0 Å². The van der Waals surface area contributed by atoms with Gasteiger partial charge in [-0.1, -0.05) is 42.5 Å². The van der Waals surface area contributed by atoms with Crippen LogP contribution in [0.3, 0.4) is 0 Å². The lowest BCUT2D eigenvalue weighted by Gasteiger charge is -2.22. The lowest BCUT2D eigenvalue weighted by Crippen LogP contribution is -2.36. The summed E-state index contributed by atoms with van der Waals surface area (Å²) in [6.07, 6.45) is 3.87. The highest BCUT2D eigenvalue weighted by Crippen LogP contribution is 2.29. The van der Waals surface area contributed by atoms with Crippen LogP contribution in [0.25, 0.3) is 10.8 Å². The highest BCUT2D eigenvalue weighted by Gasteiger charge is 2.35. The molecule has 2 N–H and O–H groups in total. The van der Waals surface area contributed by atoms with Gasteiger partial charge in [0.05, 0.1) is 18.2 Å². The summed E-state index contributed by atoms with van der Waals surface area (Å²) >= 11 is 0. The number of rotatable bonds is 4. The Hall–Kier alpha value is -2.66. The van der Waals surface area contributed by atoms with E-state index in [9.17, 15) is 4.79 Å². The Morgan fingerprint density at radius 3 is 2.85 bits per heavy atom. The minimum atomic E-state index is -0.0726. The molecular formula is C21H24N4O. The quantitative estimate of drug-likeness (QED) is 0.762. The molecule has 0 aliphatic carbocycles. The summed E-state index contributed by atoms with van der Waals surface area (Å²) in [7, 11) is 1.91. The lowest BCUT2D eigenvalue weighted by atomic mass is 9.89. The Labute approximate surface area is 153 Å². The molecule has 0 radical (unpaired) electrons. The average molecular weight is 348 g/mol. The SMILES string of the molecule is CC(NC(=O)[C@H]1CNC[C@@H]1c1cnn(C)c1)c1cccc2ccccc12. The first-order valence-corrected chi connectivity index (χ1v) is 9.11. The number of aromatic nitrogens is 2. The van der Waals surface area contributed by atoms with Gasteiger partial charge < -0.3 is 10.6 Å². The molecule has 1 aliphatic rings. The van der Waals surface area contributed by atoms with Crippen LogP contribution in [0, 0.1) is 5.92 Å². The third kappa shape index (κ3) is 3.10. The maximum Gasteiger partial charge on any atom is 0.225 e. The van der Waals surface area contributed by atoms with E-state index in [1.54, 1.807) is 4.68 Å². The molecule has 1 saturated heterocycles. The first kappa shape index (κ1) is 16.8. The van der Waals surface area contributed by atoms with Gasteiger partial charge in [0.2, 0.25) is 5.91 Å². The molecule has 0 spiro atoms. The van der Waals surface area contributed by atoms with Crippen LogP contribution >= 0.6 is 0 Å². The van der Waals surface area contributed by atoms with Crippen molar-refractivity contribution in [1.29, 1.82) is 0 Å². The molecule has 4 rings (SSSR count). The maximum absolute atomic E-state index is 13.0. The van der Waals surface area contributed by atoms with E-state index in [1.165, 1.54) is 10.8 Å². The number of amides is 1. The van der Waals surface area contributed by atoms with E-state index in [1.807, 2.05) is 31.6 Å². The predicted octanol–water partition coefficient (Wildman–Crippen LogP) is 2.75. The molecule has 26 heavy (non-hydrogen) atoms. The zero-order chi connectivity index (χ0) is 18.1. The fraction of sp³-hybridized carbons (Fsp3) is 0.333. The number of nitrogens with zero attached hydrogens (tertiary/aromatic N) is 2. The summed E-state index contributed by atoms with van der Waals surface area (Å²) in [6.45, 7) is 3.57. The smallest absolute Gasteiger partial charge is 0.225 e. The number of carbonyl (C=O) groups is 1. The first-order chi connectivity index (χ1) is 12.6. The Morgan fingerprint density at radius 1 is 1.23 bits per heavy atom. The molecule has 0 saturated carbocycles. The fourth-order valence-electron chi connectivity index (χ4n) is 3.96. The molecule has 5 nitrogen and oxygen atoms in total. The van der Waals surface area contributed by atoms with Gasteiger partial charge in [0, 0.05) is 32.3 Å². The summed E-state index contributed by atoms with van der Waals surface area (Å²) in [6, 6.07) is 14.5. The number of benzene rings is 2. The fourth-order valence-corrected chi connectivity index (χ4v) is 3.96. The first-order valence-electron chi connectivity index (χ1n) is 9.11. The number of aryl methyl sites for hydroxylation is 1. The highest BCUT2D eigenvalue weighted by molar-refractivity contribution is 5.87. The van der Waals surface area contributed by atoms with Gasteiger partial charge >= 0.3 is 0 Å². The molecule has 1 aromatic heterocycles. The van der Waals surface area contributed by atoms with Crippen LogP contribution in [0.4, 0.5) is 0 Å². The van der Waals surface area contributed by atoms with Crippen LogP contribution in [0.5, 0.6) is 0 Å². The van der Waals surface area contributed by atoms with Crippen molar-refractivity contribution in [1.82, 2.24) is 20.4 Å². The summed E-state index contributed by atoms with van der Waals surface area (Å²) in [5, 5.41) is 13.2. The Balaban J connectivity index is 1.53. The summed E-state index contributed by atoms with van der Waals surface area (Å²) in [5.41, 5.74) is 2.27. The number of nitrogens with one attached hydrogen (secondary N) is 2. The molecule has 1 unspecified atom stereocenters. The van der Waals surface area contributed by atoms with E-state index < -0.39 is 0 Å². The van der Waals surface area contributed by atoms with Gasteiger partial charge in [-0.15, -0.1) is 0 Å². The molecule has 3 atom stereocenters. The molecule has 1 amide bonds. The van der Waals surface area contributed by atoms with Crippen molar-refractivity contribution in [2.45, 2.75) is 18.9 Å². The molecule has 2 aromatic carbocycles. The van der Waals surface area contributed by atoms with Crippen LogP contribution in [-0.4, -0.2) is 28.8 Å². The van der Waals surface area contributed by atoms with Crippen molar-refractivity contribution >= 4 is 16.7 Å². The molecule has 0 bridgehead atoms. The van der Waals surface area contributed by atoms with E-state index >= 15 is 0 Å². The van der Waals surface area contributed by atoms with Crippen molar-refractivity contribution in [2.75, 3.05) is 13.1 Å². The van der Waals surface area contributed by atoms with E-state index in [-0.39, 0.29) is 23.8 Å². The molecular weight excluding hydrogens is 324 g/mol. The topological polar surface area (TPSA) is 59.0 Å². The highest BCUT2D eigenvalue weighted by atomic mass is 16.2. The van der Waals surface area contributed by atoms with Crippen molar-refractivity contribution in [3.05, 3.63) is 66.0 Å². The Bertz CT molecular complexity index is 927. The van der Waals surface area contributed by atoms with Gasteiger partial charge in [0.1, 0.15) is 0 Å². The van der Waals surface area contributed by atoms with E-state index in [2.05, 4.69) is 53.0 Å². The zero-order valence-corrected chi connectivity index (χ0v) is 15.1. The van der Waals surface area contributed by atoms with Crippen LogP contribution in [-0.2, 0) is 11.8 Å². The maximum atomic E-state index is 13.0.